The number of benzene rings is 1. The highest BCUT2D eigenvalue weighted by molar-refractivity contribution is 5.95. The second-order valence-electron chi connectivity index (χ2n) is 18.0. The van der Waals surface area contributed by atoms with E-state index in [4.69, 9.17) is 40.1 Å². The number of aliphatic carboxylic acids is 1. The number of nitrogens with two attached hydrogens (primary N) is 7. The van der Waals surface area contributed by atoms with Crippen LogP contribution in [-0.4, -0.2) is 161 Å². The number of carboxylic acids is 1. The zero-order valence-electron chi connectivity index (χ0n) is 41.9. The largest absolute Gasteiger partial charge is 0.480 e. The van der Waals surface area contributed by atoms with Crippen LogP contribution >= 0.6 is 0 Å². The SMILES string of the molecule is CC(=O)C(CCCN=C(N)N)NC(=O)C(C)NC(=O)C1CCCN1C(=O)C(N)CCC(C)NC(CCCN=C(N)N)C(=O)NC(CCCN=C(N)N)C(=O)NCC(=O)NC(Cc1c[nH]c2ccccc12)C(=O)O. The minimum Gasteiger partial charge on any atom is -0.480 e. The summed E-state index contributed by atoms with van der Waals surface area (Å²) >= 11 is 0. The molecule has 404 valence electrons. The van der Waals surface area contributed by atoms with E-state index in [0.717, 1.165) is 10.9 Å². The number of aliphatic imine (C=N–C) groups is 3. The van der Waals surface area contributed by atoms with Gasteiger partial charge in [-0.2, -0.15) is 0 Å². The maximum Gasteiger partial charge on any atom is 0.326 e. The van der Waals surface area contributed by atoms with Crippen LogP contribution in [0.15, 0.2) is 45.4 Å². The maximum absolute atomic E-state index is 14.0. The number of H-pyrrole nitrogens is 1. The van der Waals surface area contributed by atoms with Crippen molar-refractivity contribution in [3.05, 3.63) is 36.0 Å². The van der Waals surface area contributed by atoms with E-state index in [1.165, 1.54) is 18.7 Å². The molecule has 1 fully saturated rings. The Morgan fingerprint density at radius 3 is 1.89 bits per heavy atom. The summed E-state index contributed by atoms with van der Waals surface area (Å²) in [7, 11) is 0. The van der Waals surface area contributed by atoms with Gasteiger partial charge in [0.15, 0.2) is 23.7 Å². The van der Waals surface area contributed by atoms with Gasteiger partial charge in [0.1, 0.15) is 24.2 Å². The molecule has 6 amide bonds. The first kappa shape index (κ1) is 59.8. The lowest BCUT2D eigenvalue weighted by Gasteiger charge is -2.29. The summed E-state index contributed by atoms with van der Waals surface area (Å²) in [5, 5.41) is 27.0. The third-order valence-electron chi connectivity index (χ3n) is 12.1. The number of ketones is 1. The molecule has 0 bridgehead atoms. The number of rotatable bonds is 32. The van der Waals surface area contributed by atoms with Crippen molar-refractivity contribution >= 4 is 76.0 Å². The predicted octanol–water partition coefficient (Wildman–Crippen LogP) is -3.93. The Balaban J connectivity index is 1.63. The van der Waals surface area contributed by atoms with E-state index in [-0.39, 0.29) is 88.4 Å². The smallest absolute Gasteiger partial charge is 0.326 e. The first-order chi connectivity index (χ1) is 34.6. The summed E-state index contributed by atoms with van der Waals surface area (Å²) in [4.78, 5) is 122. The lowest BCUT2D eigenvalue weighted by atomic mass is 10.0. The van der Waals surface area contributed by atoms with Crippen LogP contribution < -0.4 is 72.0 Å². The molecule has 0 saturated carbocycles. The molecule has 22 N–H and O–H groups in total. The molecule has 8 atom stereocenters. The second-order valence-corrected chi connectivity index (χ2v) is 18.0. The fourth-order valence-corrected chi connectivity index (χ4v) is 8.14. The van der Waals surface area contributed by atoms with Crippen LogP contribution in [0.2, 0.25) is 0 Å². The van der Waals surface area contributed by atoms with Gasteiger partial charge in [0, 0.05) is 55.7 Å². The molecular weight excluding hydrogens is 949 g/mol. The van der Waals surface area contributed by atoms with Crippen LogP contribution in [0.25, 0.3) is 10.9 Å². The van der Waals surface area contributed by atoms with Crippen molar-refractivity contribution in [2.24, 2.45) is 55.1 Å². The molecular formula is C46H76N18O9. The molecule has 1 aromatic carbocycles. The Bertz CT molecular complexity index is 2290. The number of Topliss-reactive ketones (excluding diaryl/α,β-unsaturated/α-hetero) is 1. The van der Waals surface area contributed by atoms with Gasteiger partial charge in [-0.3, -0.25) is 48.5 Å². The van der Waals surface area contributed by atoms with E-state index in [9.17, 15) is 43.5 Å². The van der Waals surface area contributed by atoms with Crippen LogP contribution in [0.3, 0.4) is 0 Å². The number of amides is 6. The van der Waals surface area contributed by atoms with Gasteiger partial charge in [0.2, 0.25) is 35.4 Å². The number of nitrogens with zero attached hydrogens (tertiary/aromatic N) is 4. The van der Waals surface area contributed by atoms with Gasteiger partial charge < -0.3 is 87.0 Å². The summed E-state index contributed by atoms with van der Waals surface area (Å²) in [6, 6.07) is -0.300. The molecule has 8 unspecified atom stereocenters. The fraction of sp³-hybridized carbons (Fsp3) is 0.587. The van der Waals surface area contributed by atoms with E-state index in [1.54, 1.807) is 13.1 Å². The standard InChI is InChI=1S/C46H76N18O9/c1-25(16-17-30(47)42(71)64-21-9-15-36(64)41(70)60-26(2)38(67)62-31(27(3)65)12-6-18-54-44(48)49)59-34(14-8-20-56-46(52)53)40(69)63-33(13-7-19-55-45(50)51)39(68)58-24-37(66)61-35(43(72)73)22-28-23-57-32-11-5-4-10-29(28)32/h4-5,10-11,23,25-26,30-31,33-36,57,59H,6-9,12-22,24,47H2,1-3H3,(H,58,68)(H,60,70)(H,61,66)(H,62,67)(H,63,69)(H,72,73)(H4,48,49,54)(H4,50,51,55)(H4,52,53,56). The number of fused-ring (bicyclic) bond motifs is 1. The topological polar surface area (TPSA) is 467 Å². The highest BCUT2D eigenvalue weighted by Gasteiger charge is 2.37. The van der Waals surface area contributed by atoms with Crippen molar-refractivity contribution in [2.75, 3.05) is 32.7 Å². The molecule has 2 aromatic rings. The molecule has 27 nitrogen and oxygen atoms in total. The summed E-state index contributed by atoms with van der Waals surface area (Å²) in [6.45, 7) is 4.84. The molecule has 1 aliphatic heterocycles. The van der Waals surface area contributed by atoms with Crippen LogP contribution in [0, 0.1) is 0 Å². The molecule has 27 heteroatoms. The van der Waals surface area contributed by atoms with Crippen molar-refractivity contribution in [1.29, 1.82) is 0 Å². The van der Waals surface area contributed by atoms with Gasteiger partial charge >= 0.3 is 5.97 Å². The Kier molecular flexibility index (Phi) is 24.9. The minimum absolute atomic E-state index is 0.0292. The summed E-state index contributed by atoms with van der Waals surface area (Å²) in [5.41, 5.74) is 40.6. The van der Waals surface area contributed by atoms with Gasteiger partial charge in [-0.15, -0.1) is 0 Å². The summed E-state index contributed by atoms with van der Waals surface area (Å²) in [6.07, 6.45) is 4.49. The Hall–Kier alpha value is -7.55. The van der Waals surface area contributed by atoms with Crippen molar-refractivity contribution in [2.45, 2.75) is 140 Å². The monoisotopic (exact) mass is 1020 g/mol. The van der Waals surface area contributed by atoms with Crippen LogP contribution in [0.4, 0.5) is 0 Å². The Morgan fingerprint density at radius 1 is 0.726 bits per heavy atom. The Labute approximate surface area is 423 Å². The average Bonchev–Trinajstić information content (AvgIpc) is 4.00. The highest BCUT2D eigenvalue weighted by atomic mass is 16.4. The summed E-state index contributed by atoms with van der Waals surface area (Å²) in [5.74, 6) is -5.64. The van der Waals surface area contributed by atoms with E-state index in [2.05, 4.69) is 51.9 Å². The Morgan fingerprint density at radius 2 is 1.30 bits per heavy atom. The zero-order chi connectivity index (χ0) is 54.2. The number of aromatic amines is 1. The first-order valence-electron chi connectivity index (χ1n) is 24.3. The van der Waals surface area contributed by atoms with Crippen molar-refractivity contribution in [3.63, 3.8) is 0 Å². The molecule has 0 spiro atoms. The first-order valence-corrected chi connectivity index (χ1v) is 24.3. The maximum atomic E-state index is 14.0. The molecule has 1 aliphatic rings. The number of hydrogen-bond donors (Lipinski definition) is 15. The molecule has 0 radical (unpaired) electrons. The van der Waals surface area contributed by atoms with Crippen molar-refractivity contribution in [1.82, 2.24) is 41.8 Å². The molecule has 2 heterocycles. The average molecular weight is 1030 g/mol. The number of guanidine groups is 3. The molecule has 1 saturated heterocycles. The molecule has 0 aliphatic carbocycles. The minimum atomic E-state index is -1.31. The number of carbonyl (C=O) groups excluding carboxylic acids is 7. The normalized spacial score (nSPS) is 16.0. The highest BCUT2D eigenvalue weighted by Crippen LogP contribution is 2.21. The van der Waals surface area contributed by atoms with Gasteiger partial charge in [0.25, 0.3) is 0 Å². The van der Waals surface area contributed by atoms with E-state index in [0.29, 0.717) is 37.7 Å². The molecule has 3 rings (SSSR count). The van der Waals surface area contributed by atoms with Crippen LogP contribution in [-0.2, 0) is 44.8 Å². The fourth-order valence-electron chi connectivity index (χ4n) is 8.14. The molecule has 73 heavy (non-hydrogen) atoms. The number of likely N-dealkylation sites (tertiary alicyclic amines) is 1. The number of carboxylic acid groups (broad SMARTS) is 1. The zero-order valence-corrected chi connectivity index (χ0v) is 41.9. The molecule has 1 aromatic heterocycles. The van der Waals surface area contributed by atoms with Crippen molar-refractivity contribution < 1.29 is 43.5 Å². The third kappa shape index (κ3) is 21.0. The predicted molar refractivity (Wildman–Crippen MR) is 275 cm³/mol. The van der Waals surface area contributed by atoms with Crippen molar-refractivity contribution in [3.8, 4) is 0 Å². The van der Waals surface area contributed by atoms with E-state index in [1.807, 2.05) is 24.3 Å². The van der Waals surface area contributed by atoms with Gasteiger partial charge in [-0.1, -0.05) is 18.2 Å². The lowest BCUT2D eigenvalue weighted by Crippen LogP contribution is -2.56. The van der Waals surface area contributed by atoms with Gasteiger partial charge in [0.05, 0.1) is 24.7 Å². The van der Waals surface area contributed by atoms with Gasteiger partial charge in [-0.05, 0) is 96.6 Å². The number of nitrogens with one attached hydrogen (secondary N) is 7. The van der Waals surface area contributed by atoms with E-state index < -0.39 is 96.3 Å². The van der Waals surface area contributed by atoms with Gasteiger partial charge in [-0.25, -0.2) is 4.79 Å². The quantitative estimate of drug-likeness (QED) is 0.0189. The van der Waals surface area contributed by atoms with Crippen LogP contribution in [0.1, 0.15) is 90.5 Å². The number of aromatic nitrogens is 1. The van der Waals surface area contributed by atoms with E-state index >= 15 is 0 Å². The number of para-hydroxylation sites is 1. The second kappa shape index (κ2) is 30.4. The lowest BCUT2D eigenvalue weighted by molar-refractivity contribution is -0.141. The summed E-state index contributed by atoms with van der Waals surface area (Å²) < 4.78 is 0. The number of carbonyl (C=O) groups is 8. The van der Waals surface area contributed by atoms with Crippen LogP contribution in [0.5, 0.6) is 0 Å². The third-order valence-corrected chi connectivity index (χ3v) is 12.1. The number of hydrogen-bond acceptors (Lipinski definition) is 13.